The van der Waals surface area contributed by atoms with E-state index in [0.29, 0.717) is 30.5 Å². The third-order valence-electron chi connectivity index (χ3n) is 5.26. The molecule has 3 aromatic rings. The van der Waals surface area contributed by atoms with Gasteiger partial charge < -0.3 is 24.1 Å². The third-order valence-corrected chi connectivity index (χ3v) is 5.26. The van der Waals surface area contributed by atoms with Crippen molar-refractivity contribution < 1.29 is 23.5 Å². The van der Waals surface area contributed by atoms with E-state index in [1.807, 2.05) is 87.2 Å². The molecule has 8 heteroatoms. The Balaban J connectivity index is 1.42. The predicted octanol–water partition coefficient (Wildman–Crippen LogP) is 4.83. The Morgan fingerprint density at radius 2 is 1.69 bits per heavy atom. The van der Waals surface area contributed by atoms with Gasteiger partial charge in [-0.3, -0.25) is 4.79 Å². The zero-order valence-electron chi connectivity index (χ0n) is 20.7. The molecule has 2 amide bonds. The number of alkyl carbamates (subject to hydrolysis) is 1. The van der Waals surface area contributed by atoms with Crippen molar-refractivity contribution in [2.75, 3.05) is 13.2 Å². The lowest BCUT2D eigenvalue weighted by Crippen LogP contribution is -2.42. The molecule has 1 N–H and O–H groups in total. The molecule has 35 heavy (non-hydrogen) atoms. The van der Waals surface area contributed by atoms with Crippen LogP contribution in [0.15, 0.2) is 65.3 Å². The number of carbonyl (C=O) groups is 2. The van der Waals surface area contributed by atoms with Gasteiger partial charge in [-0.2, -0.15) is 0 Å². The lowest BCUT2D eigenvalue weighted by molar-refractivity contribution is -0.134. The number of hydrogen-bond acceptors (Lipinski definition) is 6. The minimum Gasteiger partial charge on any atom is -0.492 e. The van der Waals surface area contributed by atoms with Crippen molar-refractivity contribution in [3.63, 3.8) is 0 Å². The number of nitrogens with one attached hydrogen (secondary N) is 1. The van der Waals surface area contributed by atoms with E-state index in [-0.39, 0.29) is 31.0 Å². The normalized spacial score (nSPS) is 10.9. The first kappa shape index (κ1) is 25.8. The second kappa shape index (κ2) is 12.6. The van der Waals surface area contributed by atoms with Crippen LogP contribution in [0.1, 0.15) is 39.1 Å². The van der Waals surface area contributed by atoms with Gasteiger partial charge in [0.1, 0.15) is 37.3 Å². The summed E-state index contributed by atoms with van der Waals surface area (Å²) in [6.45, 7) is 8.83. The monoisotopic (exact) mass is 479 g/mol. The first-order valence-corrected chi connectivity index (χ1v) is 11.8. The summed E-state index contributed by atoms with van der Waals surface area (Å²) < 4.78 is 16.4. The smallest absolute Gasteiger partial charge is 0.407 e. The second-order valence-corrected chi connectivity index (χ2v) is 8.65. The number of hydrogen-bond donors (Lipinski definition) is 1. The van der Waals surface area contributed by atoms with Gasteiger partial charge in [0.2, 0.25) is 11.8 Å². The number of nitrogens with zero attached hydrogens (tertiary/aromatic N) is 2. The SMILES string of the molecule is CC(C)N(C(=O)Cc1nc(-c2ccc(OCCNC(=O)OCc3ccccc3)cc2)co1)C(C)C. The van der Waals surface area contributed by atoms with Crippen molar-refractivity contribution in [1.82, 2.24) is 15.2 Å². The molecule has 0 radical (unpaired) electrons. The molecule has 1 aromatic heterocycles. The maximum Gasteiger partial charge on any atom is 0.407 e. The summed E-state index contributed by atoms with van der Waals surface area (Å²) in [7, 11) is 0. The number of carbonyl (C=O) groups excluding carboxylic acids is 2. The van der Waals surface area contributed by atoms with Gasteiger partial charge in [0.25, 0.3) is 0 Å². The summed E-state index contributed by atoms with van der Waals surface area (Å²) in [6, 6.07) is 17.1. The fourth-order valence-electron chi connectivity index (χ4n) is 3.74. The van der Waals surface area contributed by atoms with Crippen LogP contribution in [0.3, 0.4) is 0 Å². The largest absolute Gasteiger partial charge is 0.492 e. The Kier molecular flexibility index (Phi) is 9.29. The number of ether oxygens (including phenoxy) is 2. The van der Waals surface area contributed by atoms with E-state index < -0.39 is 6.09 Å². The topological polar surface area (TPSA) is 93.9 Å². The second-order valence-electron chi connectivity index (χ2n) is 8.65. The van der Waals surface area contributed by atoms with Crippen LogP contribution in [0.4, 0.5) is 4.79 Å². The summed E-state index contributed by atoms with van der Waals surface area (Å²) in [5.41, 5.74) is 2.44. The van der Waals surface area contributed by atoms with Crippen molar-refractivity contribution in [2.24, 2.45) is 0 Å². The standard InChI is InChI=1S/C27H33N3O5/c1-19(2)30(20(3)4)26(31)16-25-29-24(18-34-25)22-10-12-23(13-11-22)33-15-14-28-27(32)35-17-21-8-6-5-7-9-21/h5-13,18-20H,14-17H2,1-4H3,(H,28,32). The predicted molar refractivity (Wildman–Crippen MR) is 133 cm³/mol. The molecule has 0 atom stereocenters. The lowest BCUT2D eigenvalue weighted by atomic mass is 10.1. The quantitative estimate of drug-likeness (QED) is 0.396. The van der Waals surface area contributed by atoms with Gasteiger partial charge >= 0.3 is 6.09 Å². The van der Waals surface area contributed by atoms with Crippen LogP contribution in [-0.2, 0) is 22.6 Å². The number of aromatic nitrogens is 1. The minimum atomic E-state index is -0.488. The summed E-state index contributed by atoms with van der Waals surface area (Å²) in [5.74, 6) is 1.04. The third kappa shape index (κ3) is 7.88. The minimum absolute atomic E-state index is 0.00953. The van der Waals surface area contributed by atoms with Crippen LogP contribution in [0.25, 0.3) is 11.3 Å². The summed E-state index contributed by atoms with van der Waals surface area (Å²) >= 11 is 0. The summed E-state index contributed by atoms with van der Waals surface area (Å²) in [6.07, 6.45) is 1.19. The van der Waals surface area contributed by atoms with E-state index in [1.165, 1.54) is 0 Å². The molecule has 2 aromatic carbocycles. The Morgan fingerprint density at radius 3 is 2.34 bits per heavy atom. The van der Waals surface area contributed by atoms with Crippen molar-refractivity contribution in [1.29, 1.82) is 0 Å². The average molecular weight is 480 g/mol. The highest BCUT2D eigenvalue weighted by Gasteiger charge is 2.22. The summed E-state index contributed by atoms with van der Waals surface area (Å²) in [5, 5.41) is 2.66. The molecule has 0 spiro atoms. The molecule has 0 aliphatic rings. The highest BCUT2D eigenvalue weighted by molar-refractivity contribution is 5.78. The molecule has 0 bridgehead atoms. The Bertz CT molecular complexity index is 1070. The number of benzene rings is 2. The molecule has 0 unspecified atom stereocenters. The van der Waals surface area contributed by atoms with Crippen LogP contribution in [0.2, 0.25) is 0 Å². The fraction of sp³-hybridized carbons (Fsp3) is 0.370. The Labute approximate surface area is 206 Å². The maximum atomic E-state index is 12.6. The lowest BCUT2D eigenvalue weighted by Gasteiger charge is -2.30. The molecular weight excluding hydrogens is 446 g/mol. The van der Waals surface area contributed by atoms with E-state index in [2.05, 4.69) is 10.3 Å². The van der Waals surface area contributed by atoms with E-state index >= 15 is 0 Å². The van der Waals surface area contributed by atoms with Gasteiger partial charge in [-0.25, -0.2) is 9.78 Å². The highest BCUT2D eigenvalue weighted by atomic mass is 16.5. The molecule has 186 valence electrons. The van der Waals surface area contributed by atoms with Crippen molar-refractivity contribution in [3.8, 4) is 17.0 Å². The Morgan fingerprint density at radius 1 is 1.00 bits per heavy atom. The van der Waals surface area contributed by atoms with Crippen molar-refractivity contribution in [3.05, 3.63) is 72.3 Å². The Hall–Kier alpha value is -3.81. The summed E-state index contributed by atoms with van der Waals surface area (Å²) in [4.78, 5) is 30.7. The van der Waals surface area contributed by atoms with Crippen molar-refractivity contribution >= 4 is 12.0 Å². The molecule has 3 rings (SSSR count). The van der Waals surface area contributed by atoms with Gasteiger partial charge in [-0.05, 0) is 57.5 Å². The molecule has 0 aliphatic heterocycles. The molecule has 1 heterocycles. The van der Waals surface area contributed by atoms with E-state index in [9.17, 15) is 9.59 Å². The van der Waals surface area contributed by atoms with Gasteiger partial charge in [-0.15, -0.1) is 0 Å². The van der Waals surface area contributed by atoms with Gasteiger partial charge in [-0.1, -0.05) is 30.3 Å². The average Bonchev–Trinajstić information content (AvgIpc) is 3.29. The maximum absolute atomic E-state index is 12.6. The van der Waals surface area contributed by atoms with E-state index in [0.717, 1.165) is 11.1 Å². The van der Waals surface area contributed by atoms with E-state index in [4.69, 9.17) is 13.9 Å². The van der Waals surface area contributed by atoms with Crippen LogP contribution in [-0.4, -0.2) is 47.1 Å². The first-order chi connectivity index (χ1) is 16.8. The van der Waals surface area contributed by atoms with E-state index in [1.54, 1.807) is 6.26 Å². The fourth-order valence-corrected chi connectivity index (χ4v) is 3.74. The molecular formula is C27H33N3O5. The molecule has 0 fully saturated rings. The zero-order chi connectivity index (χ0) is 25.2. The molecule has 0 saturated carbocycles. The van der Waals surface area contributed by atoms with Crippen LogP contribution in [0.5, 0.6) is 5.75 Å². The highest BCUT2D eigenvalue weighted by Crippen LogP contribution is 2.22. The molecule has 8 nitrogen and oxygen atoms in total. The number of oxazole rings is 1. The number of amides is 2. The van der Waals surface area contributed by atoms with Gasteiger partial charge in [0.15, 0.2) is 0 Å². The van der Waals surface area contributed by atoms with Gasteiger partial charge in [0, 0.05) is 17.6 Å². The van der Waals surface area contributed by atoms with Gasteiger partial charge in [0.05, 0.1) is 6.54 Å². The van der Waals surface area contributed by atoms with Crippen LogP contribution >= 0.6 is 0 Å². The van der Waals surface area contributed by atoms with Crippen LogP contribution < -0.4 is 10.1 Å². The zero-order valence-corrected chi connectivity index (χ0v) is 20.7. The first-order valence-electron chi connectivity index (χ1n) is 11.8. The number of rotatable bonds is 11. The molecule has 0 saturated heterocycles. The van der Waals surface area contributed by atoms with Crippen LogP contribution in [0, 0.1) is 0 Å². The van der Waals surface area contributed by atoms with Crippen molar-refractivity contribution in [2.45, 2.75) is 52.8 Å². The molecule has 0 aliphatic carbocycles.